The first-order valence-corrected chi connectivity index (χ1v) is 13.7. The fourth-order valence-electron chi connectivity index (χ4n) is 4.66. The molecule has 0 bridgehead atoms. The zero-order chi connectivity index (χ0) is 27.9. The average molecular weight is 616 g/mol. The Morgan fingerprint density at radius 1 is 1.02 bits per heavy atom. The van der Waals surface area contributed by atoms with Gasteiger partial charge in [-0.25, -0.2) is 15.0 Å². The summed E-state index contributed by atoms with van der Waals surface area (Å²) < 4.78 is 6.08. The van der Waals surface area contributed by atoms with Crippen molar-refractivity contribution in [3.63, 3.8) is 0 Å². The van der Waals surface area contributed by atoms with Crippen molar-refractivity contribution in [2.24, 2.45) is 5.92 Å². The van der Waals surface area contributed by atoms with Crippen LogP contribution in [0.15, 0.2) is 67.1 Å². The van der Waals surface area contributed by atoms with E-state index in [0.717, 1.165) is 42.8 Å². The molecule has 0 amide bonds. The molecule has 1 aromatic carbocycles. The number of carbonyl (C=O) groups is 1. The van der Waals surface area contributed by atoms with Gasteiger partial charge in [0.1, 0.15) is 0 Å². The van der Waals surface area contributed by atoms with Crippen molar-refractivity contribution >= 4 is 47.5 Å². The van der Waals surface area contributed by atoms with E-state index >= 15 is 0 Å². The van der Waals surface area contributed by atoms with Crippen LogP contribution >= 0.6 is 35.6 Å². The van der Waals surface area contributed by atoms with Gasteiger partial charge in [0.2, 0.25) is 11.8 Å². The number of hydrogen-bond acceptors (Lipinski definition) is 8. The molecule has 0 saturated carbocycles. The summed E-state index contributed by atoms with van der Waals surface area (Å²) in [4.78, 5) is 31.1. The molecule has 1 aliphatic rings. The highest BCUT2D eigenvalue weighted by Gasteiger charge is 2.22. The van der Waals surface area contributed by atoms with E-state index in [1.807, 2.05) is 42.5 Å². The number of likely N-dealkylation sites (tertiary alicyclic amines) is 1. The lowest BCUT2D eigenvalue weighted by Gasteiger charge is -2.31. The van der Waals surface area contributed by atoms with Crippen molar-refractivity contribution < 1.29 is 14.6 Å². The average Bonchev–Trinajstić information content (AvgIpc) is 2.93. The lowest BCUT2D eigenvalue weighted by molar-refractivity contribution is -0.138. The van der Waals surface area contributed by atoms with Crippen molar-refractivity contribution in [2.75, 3.05) is 18.4 Å². The van der Waals surface area contributed by atoms with Crippen LogP contribution in [0.2, 0.25) is 10.0 Å². The third-order valence-corrected chi connectivity index (χ3v) is 7.04. The minimum absolute atomic E-state index is 0. The fraction of sp³-hybridized carbons (Fsp3) is 0.276. The molecule has 41 heavy (non-hydrogen) atoms. The van der Waals surface area contributed by atoms with Gasteiger partial charge in [0.25, 0.3) is 0 Å². The fourth-order valence-corrected chi connectivity index (χ4v) is 5.19. The molecule has 4 aromatic rings. The van der Waals surface area contributed by atoms with E-state index in [1.54, 1.807) is 24.7 Å². The second kappa shape index (κ2) is 14.4. The van der Waals surface area contributed by atoms with Gasteiger partial charge in [-0.05, 0) is 73.8 Å². The van der Waals surface area contributed by atoms with Crippen LogP contribution in [0.4, 0.5) is 5.95 Å². The number of hydrogen-bond donors (Lipinski definition) is 2. The molecule has 9 nitrogen and oxygen atoms in total. The normalized spacial score (nSPS) is 13.8. The Bertz CT molecular complexity index is 1430. The Hall–Kier alpha value is -3.50. The zero-order valence-corrected chi connectivity index (χ0v) is 24.4. The van der Waals surface area contributed by atoms with E-state index in [9.17, 15) is 4.79 Å². The Morgan fingerprint density at radius 3 is 2.41 bits per heavy atom. The largest absolute Gasteiger partial charge is 0.481 e. The number of anilines is 1. The molecule has 12 heteroatoms. The van der Waals surface area contributed by atoms with Crippen molar-refractivity contribution in [1.82, 2.24) is 24.8 Å². The monoisotopic (exact) mass is 614 g/mol. The molecule has 5 rings (SSSR count). The smallest absolute Gasteiger partial charge is 0.303 e. The third kappa shape index (κ3) is 8.99. The Balaban J connectivity index is 0.00000387. The molecule has 0 spiro atoms. The van der Waals surface area contributed by atoms with Crippen LogP contribution in [0.25, 0.3) is 11.3 Å². The maximum atomic E-state index is 11.1. The van der Waals surface area contributed by atoms with Gasteiger partial charge in [-0.3, -0.25) is 14.7 Å². The van der Waals surface area contributed by atoms with Crippen molar-refractivity contribution in [3.05, 3.63) is 88.4 Å². The quantitative estimate of drug-likeness (QED) is 0.200. The maximum absolute atomic E-state index is 11.1. The summed E-state index contributed by atoms with van der Waals surface area (Å²) in [6.07, 6.45) is 6.85. The highest BCUT2D eigenvalue weighted by molar-refractivity contribution is 6.35. The van der Waals surface area contributed by atoms with E-state index in [1.165, 1.54) is 0 Å². The van der Waals surface area contributed by atoms with Crippen LogP contribution in [-0.4, -0.2) is 49.0 Å². The van der Waals surface area contributed by atoms with E-state index in [-0.39, 0.29) is 24.7 Å². The standard InChI is InChI=1S/C29H28Cl2N6O3.ClH/c30-22-12-21(13-23(31)14-22)26-9-20(18-37-7-4-19(5-8-37)11-28(38)39)10-27(36-26)40-25-16-34-29(35-17-25)33-15-24-3-1-2-6-32-24;/h1-3,6,9-10,12-14,16-17,19H,4-5,7-8,11,15,18H2,(H,38,39)(H,33,34,35);1H. The molecule has 0 radical (unpaired) electrons. The highest BCUT2D eigenvalue weighted by atomic mass is 35.5. The van der Waals surface area contributed by atoms with Crippen molar-refractivity contribution in [2.45, 2.75) is 32.4 Å². The molecule has 1 fully saturated rings. The molecule has 214 valence electrons. The molecule has 0 atom stereocenters. The van der Waals surface area contributed by atoms with Gasteiger partial charge in [-0.15, -0.1) is 12.4 Å². The van der Waals surface area contributed by atoms with E-state index in [4.69, 9.17) is 38.0 Å². The van der Waals surface area contributed by atoms with Gasteiger partial charge in [-0.1, -0.05) is 29.3 Å². The number of carboxylic acid groups (broad SMARTS) is 1. The molecule has 0 unspecified atom stereocenters. The SMILES string of the molecule is Cl.O=C(O)CC1CCN(Cc2cc(Oc3cnc(NCc4ccccn4)nc3)nc(-c3cc(Cl)cc(Cl)c3)c2)CC1. The minimum atomic E-state index is -0.736. The summed E-state index contributed by atoms with van der Waals surface area (Å²) in [5, 5.41) is 13.3. The molecule has 4 heterocycles. The Labute approximate surface area is 254 Å². The zero-order valence-electron chi connectivity index (χ0n) is 22.0. The number of pyridine rings is 2. The molecule has 0 aliphatic carbocycles. The van der Waals surface area contributed by atoms with Crippen LogP contribution in [0.3, 0.4) is 0 Å². The Morgan fingerprint density at radius 2 is 1.76 bits per heavy atom. The van der Waals surface area contributed by atoms with Crippen LogP contribution < -0.4 is 10.1 Å². The number of carboxylic acids is 1. The molecule has 2 N–H and O–H groups in total. The number of nitrogens with zero attached hydrogens (tertiary/aromatic N) is 5. The molecule has 3 aromatic heterocycles. The van der Waals surface area contributed by atoms with Gasteiger partial charge in [0.15, 0.2) is 5.75 Å². The second-order valence-corrected chi connectivity index (χ2v) is 10.6. The second-order valence-electron chi connectivity index (χ2n) is 9.69. The van der Waals surface area contributed by atoms with Gasteiger partial charge < -0.3 is 15.2 Å². The van der Waals surface area contributed by atoms with Crippen molar-refractivity contribution in [1.29, 1.82) is 0 Å². The van der Waals surface area contributed by atoms with Gasteiger partial charge in [-0.2, -0.15) is 0 Å². The minimum Gasteiger partial charge on any atom is -0.481 e. The number of piperidine rings is 1. The highest BCUT2D eigenvalue weighted by Crippen LogP contribution is 2.31. The number of aliphatic carboxylic acids is 1. The number of benzene rings is 1. The molecular weight excluding hydrogens is 587 g/mol. The number of rotatable bonds is 10. The third-order valence-electron chi connectivity index (χ3n) is 6.60. The van der Waals surface area contributed by atoms with E-state index in [0.29, 0.717) is 46.4 Å². The van der Waals surface area contributed by atoms with Crippen LogP contribution in [0, 0.1) is 5.92 Å². The summed E-state index contributed by atoms with van der Waals surface area (Å²) in [5.41, 5.74) is 3.33. The molecule has 1 saturated heterocycles. The lowest BCUT2D eigenvalue weighted by Crippen LogP contribution is -2.33. The first-order valence-electron chi connectivity index (χ1n) is 12.9. The summed E-state index contributed by atoms with van der Waals surface area (Å²) >= 11 is 12.5. The molecule has 1 aliphatic heterocycles. The summed E-state index contributed by atoms with van der Waals surface area (Å²) in [7, 11) is 0. The number of nitrogens with one attached hydrogen (secondary N) is 1. The first-order chi connectivity index (χ1) is 19.4. The van der Waals surface area contributed by atoms with Gasteiger partial charge >= 0.3 is 5.97 Å². The van der Waals surface area contributed by atoms with E-state index in [2.05, 4.69) is 25.2 Å². The topological polar surface area (TPSA) is 113 Å². The van der Waals surface area contributed by atoms with Crippen LogP contribution in [0.5, 0.6) is 11.6 Å². The molecular formula is C29H29Cl3N6O3. The maximum Gasteiger partial charge on any atom is 0.303 e. The lowest BCUT2D eigenvalue weighted by atomic mass is 9.93. The number of ether oxygens (including phenoxy) is 1. The van der Waals surface area contributed by atoms with E-state index < -0.39 is 5.97 Å². The Kier molecular flexibility index (Phi) is 10.7. The summed E-state index contributed by atoms with van der Waals surface area (Å²) in [5.74, 6) is 0.774. The van der Waals surface area contributed by atoms with Crippen molar-refractivity contribution in [3.8, 4) is 22.9 Å². The van der Waals surface area contributed by atoms with Gasteiger partial charge in [0.05, 0.1) is 30.3 Å². The number of halogens is 3. The van der Waals surface area contributed by atoms with Crippen LogP contribution in [-0.2, 0) is 17.9 Å². The predicted octanol–water partition coefficient (Wildman–Crippen LogP) is 6.75. The first kappa shape index (κ1) is 30.5. The summed E-state index contributed by atoms with van der Waals surface area (Å²) in [6, 6.07) is 14.9. The van der Waals surface area contributed by atoms with Crippen LogP contribution in [0.1, 0.15) is 30.5 Å². The number of aromatic nitrogens is 4. The summed E-state index contributed by atoms with van der Waals surface area (Å²) in [6.45, 7) is 2.84. The predicted molar refractivity (Wildman–Crippen MR) is 161 cm³/mol. The van der Waals surface area contributed by atoms with Gasteiger partial charge in [0, 0.05) is 40.8 Å².